The summed E-state index contributed by atoms with van der Waals surface area (Å²) in [7, 11) is 0. The van der Waals surface area contributed by atoms with Gasteiger partial charge in [-0.25, -0.2) is 0 Å². The first-order chi connectivity index (χ1) is 9.88. The van der Waals surface area contributed by atoms with E-state index in [1.54, 1.807) is 12.1 Å². The molecule has 0 aromatic heterocycles. The van der Waals surface area contributed by atoms with Gasteiger partial charge < -0.3 is 15.2 Å². The molecule has 116 valence electrons. The van der Waals surface area contributed by atoms with Gasteiger partial charge in [0.2, 0.25) is 0 Å². The van der Waals surface area contributed by atoms with E-state index >= 15 is 0 Å². The number of carbonyl (C=O) groups excluding carboxylic acids is 1. The van der Waals surface area contributed by atoms with Crippen LogP contribution >= 0.6 is 23.2 Å². The fraction of sp³-hybridized carbons (Fsp3) is 0.429. The summed E-state index contributed by atoms with van der Waals surface area (Å²) in [6.07, 6.45) is 0.611. The van der Waals surface area contributed by atoms with E-state index in [2.05, 4.69) is 5.32 Å². The molecular formula is C14H17Cl2NO4. The smallest absolute Gasteiger partial charge is 0.303 e. The highest BCUT2D eigenvalue weighted by Gasteiger charge is 2.09. The lowest BCUT2D eigenvalue weighted by Gasteiger charge is -2.12. The summed E-state index contributed by atoms with van der Waals surface area (Å²) in [5, 5.41) is 12.0. The lowest BCUT2D eigenvalue weighted by Crippen LogP contribution is -2.32. The molecule has 0 spiro atoms. The SMILES string of the molecule is CC(CCC(=O)O)CNC(=O)COc1ccc(Cl)c(Cl)c1. The van der Waals surface area contributed by atoms with Crippen molar-refractivity contribution in [2.45, 2.75) is 19.8 Å². The second-order valence-electron chi connectivity index (χ2n) is 4.71. The molecular weight excluding hydrogens is 317 g/mol. The van der Waals surface area contributed by atoms with E-state index in [9.17, 15) is 9.59 Å². The summed E-state index contributed by atoms with van der Waals surface area (Å²) in [6, 6.07) is 4.74. The Hall–Kier alpha value is -1.46. The number of amides is 1. The maximum Gasteiger partial charge on any atom is 0.303 e. The molecule has 1 aromatic carbocycles. The predicted molar refractivity (Wildman–Crippen MR) is 81.0 cm³/mol. The third kappa shape index (κ3) is 7.20. The number of hydrogen-bond donors (Lipinski definition) is 2. The van der Waals surface area contributed by atoms with Crippen LogP contribution in [0.1, 0.15) is 19.8 Å². The van der Waals surface area contributed by atoms with Crippen molar-refractivity contribution in [1.29, 1.82) is 0 Å². The molecule has 21 heavy (non-hydrogen) atoms. The van der Waals surface area contributed by atoms with Crippen LogP contribution in [-0.2, 0) is 9.59 Å². The van der Waals surface area contributed by atoms with Crippen LogP contribution in [0, 0.1) is 5.92 Å². The van der Waals surface area contributed by atoms with E-state index in [1.165, 1.54) is 6.07 Å². The Kier molecular flexibility index (Phi) is 7.32. The molecule has 0 saturated carbocycles. The van der Waals surface area contributed by atoms with Crippen LogP contribution in [0.4, 0.5) is 0 Å². The summed E-state index contributed by atoms with van der Waals surface area (Å²) in [5.74, 6) is -0.562. The summed E-state index contributed by atoms with van der Waals surface area (Å²) >= 11 is 11.6. The standard InChI is InChI=1S/C14H17Cl2NO4/c1-9(2-5-14(19)20)7-17-13(18)8-21-10-3-4-11(15)12(16)6-10/h3-4,6,9H,2,5,7-8H2,1H3,(H,17,18)(H,19,20). The number of carbonyl (C=O) groups is 2. The highest BCUT2D eigenvalue weighted by atomic mass is 35.5. The molecule has 7 heteroatoms. The third-order valence-electron chi connectivity index (χ3n) is 2.76. The van der Waals surface area contributed by atoms with Crippen molar-refractivity contribution in [2.24, 2.45) is 5.92 Å². The van der Waals surface area contributed by atoms with Gasteiger partial charge in [0.1, 0.15) is 5.75 Å². The zero-order chi connectivity index (χ0) is 15.8. The van der Waals surface area contributed by atoms with Crippen LogP contribution in [0.15, 0.2) is 18.2 Å². The van der Waals surface area contributed by atoms with E-state index < -0.39 is 5.97 Å². The van der Waals surface area contributed by atoms with Gasteiger partial charge in [0, 0.05) is 19.0 Å². The van der Waals surface area contributed by atoms with Gasteiger partial charge in [-0.1, -0.05) is 30.1 Å². The van der Waals surface area contributed by atoms with Crippen LogP contribution in [0.5, 0.6) is 5.75 Å². The van der Waals surface area contributed by atoms with E-state index in [0.717, 1.165) is 0 Å². The van der Waals surface area contributed by atoms with Crippen molar-refractivity contribution in [3.05, 3.63) is 28.2 Å². The number of carboxylic acids is 1. The van der Waals surface area contributed by atoms with Crippen molar-refractivity contribution in [2.75, 3.05) is 13.2 Å². The fourth-order valence-corrected chi connectivity index (χ4v) is 1.81. The van der Waals surface area contributed by atoms with Gasteiger partial charge in [-0.15, -0.1) is 0 Å². The summed E-state index contributed by atoms with van der Waals surface area (Å²) in [4.78, 5) is 22.0. The normalized spacial score (nSPS) is 11.8. The average molecular weight is 334 g/mol. The highest BCUT2D eigenvalue weighted by molar-refractivity contribution is 6.42. The van der Waals surface area contributed by atoms with Gasteiger partial charge >= 0.3 is 5.97 Å². The minimum Gasteiger partial charge on any atom is -0.484 e. The first-order valence-corrected chi connectivity index (χ1v) is 7.20. The first kappa shape index (κ1) is 17.6. The van der Waals surface area contributed by atoms with Crippen molar-refractivity contribution >= 4 is 35.1 Å². The zero-order valence-corrected chi connectivity index (χ0v) is 13.1. The van der Waals surface area contributed by atoms with E-state index in [-0.39, 0.29) is 24.9 Å². The molecule has 0 aliphatic carbocycles. The number of ether oxygens (including phenoxy) is 1. The second kappa shape index (κ2) is 8.74. The minimum absolute atomic E-state index is 0.0926. The molecule has 0 aliphatic rings. The molecule has 0 fully saturated rings. The second-order valence-corrected chi connectivity index (χ2v) is 5.52. The van der Waals surface area contributed by atoms with Gasteiger partial charge in [0.15, 0.2) is 6.61 Å². The Bertz CT molecular complexity index is 508. The number of benzene rings is 1. The third-order valence-corrected chi connectivity index (χ3v) is 3.50. The number of halogens is 2. The molecule has 1 aromatic rings. The average Bonchev–Trinajstić information content (AvgIpc) is 2.44. The lowest BCUT2D eigenvalue weighted by molar-refractivity contribution is -0.137. The van der Waals surface area contributed by atoms with Gasteiger partial charge in [0.05, 0.1) is 10.0 Å². The van der Waals surface area contributed by atoms with Gasteiger partial charge in [-0.2, -0.15) is 0 Å². The topological polar surface area (TPSA) is 75.6 Å². The lowest BCUT2D eigenvalue weighted by atomic mass is 10.1. The number of carboxylic acid groups (broad SMARTS) is 1. The maximum absolute atomic E-state index is 11.6. The van der Waals surface area contributed by atoms with Crippen molar-refractivity contribution < 1.29 is 19.4 Å². The van der Waals surface area contributed by atoms with E-state index in [4.69, 9.17) is 33.0 Å². The maximum atomic E-state index is 11.6. The number of nitrogens with one attached hydrogen (secondary N) is 1. The number of hydrogen-bond acceptors (Lipinski definition) is 3. The molecule has 2 N–H and O–H groups in total. The molecule has 1 unspecified atom stereocenters. The van der Waals surface area contributed by atoms with E-state index in [0.29, 0.717) is 28.8 Å². The van der Waals surface area contributed by atoms with Gasteiger partial charge in [-0.05, 0) is 24.5 Å². The Morgan fingerprint density at radius 1 is 1.33 bits per heavy atom. The molecule has 0 saturated heterocycles. The monoisotopic (exact) mass is 333 g/mol. The Labute approximate surface area is 133 Å². The first-order valence-electron chi connectivity index (χ1n) is 6.45. The van der Waals surface area contributed by atoms with Crippen LogP contribution in [-0.4, -0.2) is 30.1 Å². The molecule has 0 aliphatic heterocycles. The zero-order valence-electron chi connectivity index (χ0n) is 11.6. The number of aliphatic carboxylic acids is 1. The largest absolute Gasteiger partial charge is 0.484 e. The van der Waals surface area contributed by atoms with Crippen LogP contribution in [0.25, 0.3) is 0 Å². The molecule has 0 bridgehead atoms. The predicted octanol–water partition coefficient (Wildman–Crippen LogP) is 2.99. The van der Waals surface area contributed by atoms with E-state index in [1.807, 2.05) is 6.92 Å². The molecule has 0 radical (unpaired) electrons. The molecule has 1 amide bonds. The summed E-state index contributed by atoms with van der Waals surface area (Å²) in [5.41, 5.74) is 0. The number of rotatable bonds is 8. The summed E-state index contributed by atoms with van der Waals surface area (Å²) < 4.78 is 5.28. The molecule has 5 nitrogen and oxygen atoms in total. The van der Waals surface area contributed by atoms with Crippen molar-refractivity contribution in [3.63, 3.8) is 0 Å². The molecule has 1 atom stereocenters. The van der Waals surface area contributed by atoms with Crippen LogP contribution in [0.3, 0.4) is 0 Å². The molecule has 1 rings (SSSR count). The quantitative estimate of drug-likeness (QED) is 0.766. The van der Waals surface area contributed by atoms with Gasteiger partial charge in [-0.3, -0.25) is 9.59 Å². The highest BCUT2D eigenvalue weighted by Crippen LogP contribution is 2.26. The Balaban J connectivity index is 2.27. The fourth-order valence-electron chi connectivity index (χ4n) is 1.53. The minimum atomic E-state index is -0.837. The van der Waals surface area contributed by atoms with Crippen molar-refractivity contribution in [1.82, 2.24) is 5.32 Å². The Morgan fingerprint density at radius 3 is 2.67 bits per heavy atom. The molecule has 0 heterocycles. The Morgan fingerprint density at radius 2 is 2.05 bits per heavy atom. The van der Waals surface area contributed by atoms with Gasteiger partial charge in [0.25, 0.3) is 5.91 Å². The van der Waals surface area contributed by atoms with Crippen LogP contribution in [0.2, 0.25) is 10.0 Å². The van der Waals surface area contributed by atoms with Crippen molar-refractivity contribution in [3.8, 4) is 5.75 Å². The summed E-state index contributed by atoms with van der Waals surface area (Å²) in [6.45, 7) is 2.16. The van der Waals surface area contributed by atoms with Crippen LogP contribution < -0.4 is 10.1 Å².